The average molecular weight is 834 g/mol. The van der Waals surface area contributed by atoms with Crippen LogP contribution in [0.2, 0.25) is 0 Å². The normalized spacial score (nSPS) is 16.4. The third kappa shape index (κ3) is 7.21. The van der Waals surface area contributed by atoms with Gasteiger partial charge in [0.25, 0.3) is 0 Å². The van der Waals surface area contributed by atoms with Gasteiger partial charge in [-0.25, -0.2) is 4.98 Å². The van der Waals surface area contributed by atoms with Gasteiger partial charge in [0.05, 0.1) is 57.0 Å². The molecule has 6 rings (SSSR count). The van der Waals surface area contributed by atoms with E-state index in [9.17, 15) is 0 Å². The second-order valence-corrected chi connectivity index (χ2v) is 14.5. The molecule has 2 saturated heterocycles. The topological polar surface area (TPSA) is 80.2 Å². The summed E-state index contributed by atoms with van der Waals surface area (Å²) in [4.78, 5) is 28.6. The lowest BCUT2D eigenvalue weighted by atomic mass is 10.0. The highest BCUT2D eigenvalue weighted by Crippen LogP contribution is 2.44. The van der Waals surface area contributed by atoms with Crippen molar-refractivity contribution in [1.82, 2.24) is 29.7 Å². The van der Waals surface area contributed by atoms with Gasteiger partial charge in [-0.3, -0.25) is 18.0 Å². The van der Waals surface area contributed by atoms with Gasteiger partial charge < -0.3 is 23.7 Å². The van der Waals surface area contributed by atoms with E-state index in [-0.39, 0.29) is 0 Å². The molecular formula is C33H42BrIN10OS. The Hall–Kier alpha value is -2.66. The van der Waals surface area contributed by atoms with Gasteiger partial charge in [0.1, 0.15) is 11.3 Å². The molecule has 4 aromatic rings. The van der Waals surface area contributed by atoms with Crippen LogP contribution < -0.4 is 22.0 Å². The van der Waals surface area contributed by atoms with Gasteiger partial charge in [-0.2, -0.15) is 4.98 Å². The molecule has 47 heavy (non-hydrogen) atoms. The highest BCUT2D eigenvalue weighted by molar-refractivity contribution is 14.1. The fourth-order valence-electron chi connectivity index (χ4n) is 6.48. The van der Waals surface area contributed by atoms with Gasteiger partial charge in [-0.1, -0.05) is 11.9 Å². The van der Waals surface area contributed by atoms with Crippen LogP contribution in [0.1, 0.15) is 19.8 Å². The lowest BCUT2D eigenvalue weighted by molar-refractivity contribution is 0.0982. The molecule has 2 aromatic carbocycles. The summed E-state index contributed by atoms with van der Waals surface area (Å²) in [5.74, 6) is 2.07. The first kappa shape index (κ1) is 34.2. The molecular weight excluding hydrogens is 791 g/mol. The van der Waals surface area contributed by atoms with E-state index in [4.69, 9.17) is 19.7 Å². The monoisotopic (exact) mass is 832 g/mol. The Balaban J connectivity index is 1.24. The number of hydrogen-bond acceptors (Lipinski definition) is 12. The third-order valence-electron chi connectivity index (χ3n) is 9.17. The van der Waals surface area contributed by atoms with Crippen molar-refractivity contribution in [2.24, 2.45) is 0 Å². The number of ether oxygens (including phenoxy) is 1. The van der Waals surface area contributed by atoms with Crippen molar-refractivity contribution in [3.8, 4) is 5.75 Å². The summed E-state index contributed by atoms with van der Waals surface area (Å²) >= 11 is 7.69. The van der Waals surface area contributed by atoms with Crippen LogP contribution in [0.15, 0.2) is 53.4 Å². The lowest BCUT2D eigenvalue weighted by Gasteiger charge is -2.42. The van der Waals surface area contributed by atoms with E-state index in [0.717, 1.165) is 63.8 Å². The van der Waals surface area contributed by atoms with Crippen molar-refractivity contribution in [3.63, 3.8) is 0 Å². The number of methoxy groups -OCH3 is 1. The number of benzene rings is 2. The summed E-state index contributed by atoms with van der Waals surface area (Å²) in [6, 6.07) is 11.2. The van der Waals surface area contributed by atoms with Crippen LogP contribution in [-0.4, -0.2) is 109 Å². The molecule has 2 aliphatic rings. The summed E-state index contributed by atoms with van der Waals surface area (Å²) in [5.41, 5.74) is 5.73. The van der Waals surface area contributed by atoms with E-state index in [0.29, 0.717) is 12.0 Å². The maximum Gasteiger partial charge on any atom is 0.231 e. The van der Waals surface area contributed by atoms with Crippen LogP contribution in [0.3, 0.4) is 0 Å². The number of piperidine rings is 1. The summed E-state index contributed by atoms with van der Waals surface area (Å²) in [6.45, 7) is 9.73. The maximum absolute atomic E-state index is 5.95. The molecule has 2 aromatic heterocycles. The first-order valence-corrected chi connectivity index (χ1v) is 18.9. The number of anilines is 6. The molecule has 0 saturated carbocycles. The van der Waals surface area contributed by atoms with Gasteiger partial charge in [0.15, 0.2) is 5.82 Å². The largest absolute Gasteiger partial charge is 0.494 e. The third-order valence-corrected chi connectivity index (χ3v) is 11.6. The summed E-state index contributed by atoms with van der Waals surface area (Å²) < 4.78 is 11.0. The predicted octanol–water partition coefficient (Wildman–Crippen LogP) is 6.77. The smallest absolute Gasteiger partial charge is 0.231 e. The van der Waals surface area contributed by atoms with Crippen molar-refractivity contribution in [2.45, 2.75) is 25.8 Å². The van der Waals surface area contributed by atoms with E-state index in [1.54, 1.807) is 37.6 Å². The molecule has 250 valence electrons. The minimum absolute atomic E-state index is 0.559. The van der Waals surface area contributed by atoms with E-state index < -0.39 is 0 Å². The van der Waals surface area contributed by atoms with Crippen molar-refractivity contribution in [1.29, 1.82) is 0 Å². The van der Waals surface area contributed by atoms with Crippen LogP contribution in [0, 0.1) is 0 Å². The Kier molecular flexibility index (Phi) is 11.1. The van der Waals surface area contributed by atoms with Gasteiger partial charge in [0.2, 0.25) is 5.95 Å². The van der Waals surface area contributed by atoms with E-state index in [1.807, 2.05) is 18.0 Å². The van der Waals surface area contributed by atoms with E-state index >= 15 is 0 Å². The predicted molar refractivity (Wildman–Crippen MR) is 207 cm³/mol. The molecule has 2 fully saturated rings. The number of aromatic nitrogens is 4. The standard InChI is InChI=1S/C33H42BrIN10OS/c1-6-44(47-5)31-28(10-8-26-30(31)37-14-13-36-26)45(35)32-25(34)22-38-33(39-32)41(3)27-9-7-24(21-29(27)46-4)42-15-11-23(12-16-42)43-19-17-40(2)18-20-43/h7-10,13-14,21-23H,6,11-12,15-20H2,1-5H3. The second kappa shape index (κ2) is 15.3. The zero-order valence-electron chi connectivity index (χ0n) is 27.6. The van der Waals surface area contributed by atoms with Crippen molar-refractivity contribution < 1.29 is 4.74 Å². The Labute approximate surface area is 304 Å². The molecule has 4 heterocycles. The number of piperazine rings is 1. The summed E-state index contributed by atoms with van der Waals surface area (Å²) in [5, 5.41) is 0. The van der Waals surface area contributed by atoms with Crippen LogP contribution in [-0.2, 0) is 0 Å². The van der Waals surface area contributed by atoms with Crippen LogP contribution in [0.5, 0.6) is 5.75 Å². The lowest BCUT2D eigenvalue weighted by Crippen LogP contribution is -2.52. The average Bonchev–Trinajstić information content (AvgIpc) is 3.12. The fraction of sp³-hybridized carbons (Fsp3) is 0.455. The zero-order chi connectivity index (χ0) is 33.1. The van der Waals surface area contributed by atoms with E-state index in [2.05, 4.69) is 110 Å². The second-order valence-electron chi connectivity index (χ2n) is 11.8. The Morgan fingerprint density at radius 2 is 1.72 bits per heavy atom. The SMILES string of the molecule is CCN(SC)c1c(N(I)c2nc(N(C)c3ccc(N4CCC(N5CCN(C)CC5)CC4)cc3OC)ncc2Br)ccc2nccnc12. The number of nitrogens with zero attached hydrogens (tertiary/aromatic N) is 10. The van der Waals surface area contributed by atoms with Gasteiger partial charge in [-0.05, 0) is 67.0 Å². The van der Waals surface area contributed by atoms with E-state index in [1.165, 1.54) is 44.7 Å². The van der Waals surface area contributed by atoms with Crippen LogP contribution in [0.25, 0.3) is 11.0 Å². The number of halogens is 2. The molecule has 0 N–H and O–H groups in total. The van der Waals surface area contributed by atoms with Gasteiger partial charge in [-0.15, -0.1) is 0 Å². The molecule has 0 atom stereocenters. The molecule has 14 heteroatoms. The molecule has 0 aliphatic carbocycles. The van der Waals surface area contributed by atoms with Crippen LogP contribution >= 0.6 is 50.7 Å². The highest BCUT2D eigenvalue weighted by Gasteiger charge is 2.28. The Morgan fingerprint density at radius 3 is 2.43 bits per heavy atom. The Morgan fingerprint density at radius 1 is 1.00 bits per heavy atom. The molecule has 11 nitrogen and oxygen atoms in total. The molecule has 0 unspecified atom stereocenters. The van der Waals surface area contributed by atoms with Gasteiger partial charge in [0, 0.05) is 95.5 Å². The number of fused-ring (bicyclic) bond motifs is 1. The zero-order valence-corrected chi connectivity index (χ0v) is 32.2. The molecule has 0 spiro atoms. The quantitative estimate of drug-likeness (QED) is 0.0963. The number of likely N-dealkylation sites (N-methyl/N-ethyl adjacent to an activating group) is 1. The Bertz CT molecular complexity index is 1680. The van der Waals surface area contributed by atoms with Gasteiger partial charge >= 0.3 is 0 Å². The number of hydrogen-bond donors (Lipinski definition) is 0. The fourth-order valence-corrected chi connectivity index (χ4v) is 8.56. The summed E-state index contributed by atoms with van der Waals surface area (Å²) in [6.07, 6.45) is 9.72. The first-order valence-electron chi connectivity index (χ1n) is 16.0. The van der Waals surface area contributed by atoms with Crippen LogP contribution in [0.4, 0.5) is 34.5 Å². The molecule has 2 aliphatic heterocycles. The minimum Gasteiger partial charge on any atom is -0.494 e. The van der Waals surface area contributed by atoms with Crippen molar-refractivity contribution in [3.05, 3.63) is 53.4 Å². The van der Waals surface area contributed by atoms with Crippen molar-refractivity contribution in [2.75, 3.05) is 90.5 Å². The molecule has 0 radical (unpaired) electrons. The first-order chi connectivity index (χ1) is 22.8. The van der Waals surface area contributed by atoms with Crippen molar-refractivity contribution >= 4 is 96.3 Å². The molecule has 0 amide bonds. The highest BCUT2D eigenvalue weighted by atomic mass is 127. The number of rotatable bonds is 10. The minimum atomic E-state index is 0.559. The molecule has 0 bridgehead atoms. The summed E-state index contributed by atoms with van der Waals surface area (Å²) in [7, 11) is 5.93. The maximum atomic E-state index is 5.95.